The van der Waals surface area contributed by atoms with Gasteiger partial charge in [-0.2, -0.15) is 0 Å². The molecule has 0 aromatic carbocycles. The molecule has 0 bridgehead atoms. The van der Waals surface area contributed by atoms with Crippen LogP contribution in [-0.2, 0) is 0 Å². The molecule has 1 N–H and O–H groups in total. The highest BCUT2D eigenvalue weighted by atomic mass is 16.3. The van der Waals surface area contributed by atoms with E-state index in [2.05, 4.69) is 4.90 Å². The molecule has 4 saturated carbocycles. The van der Waals surface area contributed by atoms with E-state index in [1.807, 2.05) is 0 Å². The summed E-state index contributed by atoms with van der Waals surface area (Å²) >= 11 is 0. The molecule has 0 aromatic rings. The lowest BCUT2D eigenvalue weighted by Gasteiger charge is -2.53. The quantitative estimate of drug-likeness (QED) is 0.759. The number of nitrogens with zero attached hydrogens (tertiary/aromatic N) is 1. The van der Waals surface area contributed by atoms with Gasteiger partial charge in [0.05, 0.1) is 6.10 Å². The topological polar surface area (TPSA) is 23.5 Å². The van der Waals surface area contributed by atoms with Gasteiger partial charge in [-0.05, 0) is 63.2 Å². The maximum absolute atomic E-state index is 10.00. The fourth-order valence-electron chi connectivity index (χ4n) is 6.85. The Hall–Kier alpha value is -0.0800. The number of fused-ring (bicyclic) bond motifs is 1. The number of hydrogen-bond acceptors (Lipinski definition) is 2. The summed E-state index contributed by atoms with van der Waals surface area (Å²) in [6, 6.07) is 2.53. The Morgan fingerprint density at radius 3 is 1.96 bits per heavy atom. The minimum Gasteiger partial charge on any atom is -0.393 e. The van der Waals surface area contributed by atoms with Gasteiger partial charge in [0.15, 0.2) is 0 Å². The van der Waals surface area contributed by atoms with Crippen LogP contribution in [-0.4, -0.2) is 34.2 Å². The van der Waals surface area contributed by atoms with Crippen molar-refractivity contribution in [1.82, 2.24) is 4.90 Å². The van der Waals surface area contributed by atoms with Crippen molar-refractivity contribution < 1.29 is 5.11 Å². The number of rotatable bonds is 3. The molecule has 2 nitrogen and oxygen atoms in total. The summed E-state index contributed by atoms with van der Waals surface area (Å²) in [5, 5.41) is 10.00. The SMILES string of the molecule is OC1CCC(N(C2CCCCC2)C2CCCC3CCCCC32)CC1. The number of aliphatic hydroxyl groups is 1. The van der Waals surface area contributed by atoms with Crippen LogP contribution in [0, 0.1) is 11.8 Å². The van der Waals surface area contributed by atoms with Crippen molar-refractivity contribution in [1.29, 1.82) is 0 Å². The number of aliphatic hydroxyl groups excluding tert-OH is 1. The van der Waals surface area contributed by atoms with E-state index in [1.165, 1.54) is 89.9 Å². The Bertz CT molecular complexity index is 381. The second-order valence-electron chi connectivity index (χ2n) is 9.41. The largest absolute Gasteiger partial charge is 0.393 e. The molecule has 0 heterocycles. The third-order valence-electron chi connectivity index (χ3n) is 8.00. The summed E-state index contributed by atoms with van der Waals surface area (Å²) in [5.74, 6) is 2.04. The van der Waals surface area contributed by atoms with Gasteiger partial charge in [0.2, 0.25) is 0 Å². The predicted molar refractivity (Wildman–Crippen MR) is 100 cm³/mol. The molecular formula is C22H39NO. The Balaban J connectivity index is 1.53. The Kier molecular flexibility index (Phi) is 5.84. The van der Waals surface area contributed by atoms with E-state index in [-0.39, 0.29) is 6.10 Å². The van der Waals surface area contributed by atoms with E-state index < -0.39 is 0 Å². The second kappa shape index (κ2) is 8.08. The van der Waals surface area contributed by atoms with Gasteiger partial charge in [-0.25, -0.2) is 0 Å². The maximum Gasteiger partial charge on any atom is 0.0541 e. The van der Waals surface area contributed by atoms with Crippen molar-refractivity contribution in [2.45, 2.75) is 127 Å². The van der Waals surface area contributed by atoms with Gasteiger partial charge in [-0.3, -0.25) is 4.90 Å². The lowest BCUT2D eigenvalue weighted by molar-refractivity contribution is -0.0421. The van der Waals surface area contributed by atoms with Gasteiger partial charge in [0.1, 0.15) is 0 Å². The molecular weight excluding hydrogens is 294 g/mol. The fraction of sp³-hybridized carbons (Fsp3) is 1.00. The molecule has 0 aromatic heterocycles. The molecule has 0 saturated heterocycles. The van der Waals surface area contributed by atoms with Crippen LogP contribution in [0.2, 0.25) is 0 Å². The van der Waals surface area contributed by atoms with E-state index in [0.29, 0.717) is 0 Å². The second-order valence-corrected chi connectivity index (χ2v) is 9.41. The van der Waals surface area contributed by atoms with Crippen LogP contribution in [0.5, 0.6) is 0 Å². The van der Waals surface area contributed by atoms with Crippen molar-refractivity contribution in [3.8, 4) is 0 Å². The molecule has 4 aliphatic rings. The summed E-state index contributed by atoms with van der Waals surface area (Å²) in [5.41, 5.74) is 0. The predicted octanol–water partition coefficient (Wildman–Crippen LogP) is 5.28. The smallest absolute Gasteiger partial charge is 0.0541 e. The summed E-state index contributed by atoms with van der Waals surface area (Å²) in [7, 11) is 0. The van der Waals surface area contributed by atoms with Gasteiger partial charge in [-0.15, -0.1) is 0 Å². The molecule has 0 aliphatic heterocycles. The molecule has 4 fully saturated rings. The molecule has 0 radical (unpaired) electrons. The summed E-state index contributed by atoms with van der Waals surface area (Å²) in [4.78, 5) is 3.09. The average Bonchev–Trinajstić information content (AvgIpc) is 2.65. The van der Waals surface area contributed by atoms with Crippen LogP contribution in [0.15, 0.2) is 0 Å². The van der Waals surface area contributed by atoms with Crippen LogP contribution in [0.25, 0.3) is 0 Å². The van der Waals surface area contributed by atoms with E-state index in [0.717, 1.165) is 42.8 Å². The lowest BCUT2D eigenvalue weighted by Crippen LogP contribution is -2.56. The Morgan fingerprint density at radius 1 is 0.542 bits per heavy atom. The Morgan fingerprint density at radius 2 is 1.17 bits per heavy atom. The van der Waals surface area contributed by atoms with Crippen LogP contribution in [0.3, 0.4) is 0 Å². The first kappa shape index (κ1) is 17.3. The third kappa shape index (κ3) is 3.70. The number of hydrogen-bond donors (Lipinski definition) is 1. The van der Waals surface area contributed by atoms with Crippen molar-refractivity contribution >= 4 is 0 Å². The average molecular weight is 334 g/mol. The molecule has 4 rings (SSSR count). The standard InChI is InChI=1S/C22H39NO/c24-20-15-13-19(14-16-20)23(18-9-2-1-3-10-18)22-12-6-8-17-7-4-5-11-21(17)22/h17-22,24H,1-16H2. The maximum atomic E-state index is 10.00. The van der Waals surface area contributed by atoms with Crippen LogP contribution in [0.4, 0.5) is 0 Å². The molecule has 4 aliphatic carbocycles. The molecule has 138 valence electrons. The monoisotopic (exact) mass is 333 g/mol. The lowest BCUT2D eigenvalue weighted by atomic mass is 9.67. The first-order chi connectivity index (χ1) is 11.8. The van der Waals surface area contributed by atoms with Gasteiger partial charge in [-0.1, -0.05) is 51.4 Å². The molecule has 2 heteroatoms. The normalized spacial score (nSPS) is 42.0. The zero-order valence-electron chi connectivity index (χ0n) is 15.7. The molecule has 24 heavy (non-hydrogen) atoms. The third-order valence-corrected chi connectivity index (χ3v) is 8.00. The highest BCUT2D eigenvalue weighted by Gasteiger charge is 2.43. The first-order valence-electron chi connectivity index (χ1n) is 11.3. The highest BCUT2D eigenvalue weighted by molar-refractivity contribution is 4.96. The summed E-state index contributed by atoms with van der Waals surface area (Å²) in [6.45, 7) is 0. The van der Waals surface area contributed by atoms with Gasteiger partial charge in [0, 0.05) is 18.1 Å². The summed E-state index contributed by atoms with van der Waals surface area (Å²) < 4.78 is 0. The molecule has 0 amide bonds. The highest BCUT2D eigenvalue weighted by Crippen LogP contribution is 2.45. The Labute approximate surface area is 149 Å². The molecule has 3 unspecified atom stereocenters. The van der Waals surface area contributed by atoms with Crippen molar-refractivity contribution in [2.75, 3.05) is 0 Å². The zero-order chi connectivity index (χ0) is 16.4. The summed E-state index contributed by atoms with van der Waals surface area (Å²) in [6.07, 6.45) is 22.3. The van der Waals surface area contributed by atoms with Crippen LogP contribution in [0.1, 0.15) is 103 Å². The molecule has 3 atom stereocenters. The van der Waals surface area contributed by atoms with Crippen molar-refractivity contribution in [3.63, 3.8) is 0 Å². The van der Waals surface area contributed by atoms with Gasteiger partial charge < -0.3 is 5.11 Å². The van der Waals surface area contributed by atoms with Crippen molar-refractivity contribution in [2.24, 2.45) is 11.8 Å². The van der Waals surface area contributed by atoms with Crippen molar-refractivity contribution in [3.05, 3.63) is 0 Å². The first-order valence-corrected chi connectivity index (χ1v) is 11.3. The minimum atomic E-state index is -0.0109. The minimum absolute atomic E-state index is 0.0109. The van der Waals surface area contributed by atoms with Crippen LogP contribution < -0.4 is 0 Å². The van der Waals surface area contributed by atoms with E-state index in [1.54, 1.807) is 0 Å². The van der Waals surface area contributed by atoms with E-state index in [9.17, 15) is 5.11 Å². The zero-order valence-corrected chi connectivity index (χ0v) is 15.7. The van der Waals surface area contributed by atoms with Gasteiger partial charge in [0.25, 0.3) is 0 Å². The van der Waals surface area contributed by atoms with E-state index in [4.69, 9.17) is 0 Å². The fourth-order valence-corrected chi connectivity index (χ4v) is 6.85. The molecule has 0 spiro atoms. The van der Waals surface area contributed by atoms with Crippen LogP contribution >= 0.6 is 0 Å². The van der Waals surface area contributed by atoms with Gasteiger partial charge >= 0.3 is 0 Å². The van der Waals surface area contributed by atoms with E-state index >= 15 is 0 Å².